The predicted molar refractivity (Wildman–Crippen MR) is 157 cm³/mol. The number of carbonyl (C=O) groups excluding carboxylic acids is 2. The Morgan fingerprint density at radius 1 is 1.05 bits per heavy atom. The third-order valence-electron chi connectivity index (χ3n) is 7.56. The Morgan fingerprint density at radius 3 is 2.62 bits per heavy atom. The molecule has 0 radical (unpaired) electrons. The zero-order chi connectivity index (χ0) is 26.9. The van der Waals surface area contributed by atoms with Gasteiger partial charge in [0.1, 0.15) is 5.52 Å². The summed E-state index contributed by atoms with van der Waals surface area (Å²) in [7, 11) is 0. The lowest BCUT2D eigenvalue weighted by atomic mass is 10.1. The number of hydrogen-bond donors (Lipinski definition) is 0. The Bertz CT molecular complexity index is 1520. The van der Waals surface area contributed by atoms with Crippen molar-refractivity contribution in [1.82, 2.24) is 29.5 Å². The van der Waals surface area contributed by atoms with Gasteiger partial charge >= 0.3 is 0 Å². The predicted octanol–water partition coefficient (Wildman–Crippen LogP) is 5.13. The molecule has 2 fully saturated rings. The van der Waals surface area contributed by atoms with Gasteiger partial charge < -0.3 is 14.4 Å². The van der Waals surface area contributed by atoms with Crippen molar-refractivity contribution in [3.63, 3.8) is 0 Å². The number of nitrogens with zero attached hydrogens (tertiary/aromatic N) is 6. The highest BCUT2D eigenvalue weighted by molar-refractivity contribution is 9.10. The average molecular weight is 608 g/mol. The highest BCUT2D eigenvalue weighted by Gasteiger charge is 2.37. The number of fused-ring (bicyclic) bond motifs is 3. The SMILES string of the molecule is CC1CN(C(=O)CCCSc2nnc3c4ccccc4n(Cc4ccc(Br)cc4)c3n2)CCN1C(=O)C1CC1. The smallest absolute Gasteiger partial charge is 0.226 e. The van der Waals surface area contributed by atoms with E-state index in [0.29, 0.717) is 37.8 Å². The summed E-state index contributed by atoms with van der Waals surface area (Å²) in [5.74, 6) is 1.39. The van der Waals surface area contributed by atoms with E-state index in [2.05, 4.69) is 55.0 Å². The number of benzene rings is 2. The van der Waals surface area contributed by atoms with Crippen LogP contribution in [0, 0.1) is 5.92 Å². The Hall–Kier alpha value is -2.98. The minimum Gasteiger partial charge on any atom is -0.339 e. The second-order valence-corrected chi connectivity index (χ2v) is 12.4. The van der Waals surface area contributed by atoms with Gasteiger partial charge in [-0.2, -0.15) is 0 Å². The number of piperazine rings is 1. The van der Waals surface area contributed by atoms with Crippen LogP contribution in [0.25, 0.3) is 22.1 Å². The fourth-order valence-electron chi connectivity index (χ4n) is 5.30. The average Bonchev–Trinajstić information content (AvgIpc) is 3.76. The molecule has 4 aromatic rings. The van der Waals surface area contributed by atoms with Crippen molar-refractivity contribution in [2.45, 2.75) is 50.4 Å². The summed E-state index contributed by atoms with van der Waals surface area (Å²) >= 11 is 5.05. The van der Waals surface area contributed by atoms with Crippen molar-refractivity contribution in [2.75, 3.05) is 25.4 Å². The van der Waals surface area contributed by atoms with Crippen LogP contribution >= 0.6 is 27.7 Å². The summed E-state index contributed by atoms with van der Waals surface area (Å²) in [5.41, 5.74) is 3.88. The van der Waals surface area contributed by atoms with Crippen LogP contribution < -0.4 is 0 Å². The number of carbonyl (C=O) groups is 2. The summed E-state index contributed by atoms with van der Waals surface area (Å²) in [6.07, 6.45) is 3.25. The zero-order valence-electron chi connectivity index (χ0n) is 21.9. The molecule has 2 aromatic heterocycles. The van der Waals surface area contributed by atoms with Crippen LogP contribution in [-0.4, -0.2) is 72.8 Å². The van der Waals surface area contributed by atoms with Gasteiger partial charge in [-0.25, -0.2) is 4.98 Å². The molecule has 3 heterocycles. The van der Waals surface area contributed by atoms with Crippen molar-refractivity contribution in [3.8, 4) is 0 Å². The quantitative estimate of drug-likeness (QED) is 0.204. The number of hydrogen-bond acceptors (Lipinski definition) is 6. The van der Waals surface area contributed by atoms with Crippen LogP contribution in [0.4, 0.5) is 0 Å². The molecule has 8 nitrogen and oxygen atoms in total. The minimum atomic E-state index is 0.0838. The Balaban J connectivity index is 1.08. The Labute approximate surface area is 240 Å². The normalized spacial score (nSPS) is 17.7. The molecular weight excluding hydrogens is 576 g/mol. The van der Waals surface area contributed by atoms with Crippen molar-refractivity contribution < 1.29 is 9.59 Å². The maximum atomic E-state index is 12.9. The summed E-state index contributed by atoms with van der Waals surface area (Å²) in [5, 5.41) is 10.6. The first kappa shape index (κ1) is 26.3. The molecule has 1 aliphatic carbocycles. The lowest BCUT2D eigenvalue weighted by Crippen LogP contribution is -2.55. The summed E-state index contributed by atoms with van der Waals surface area (Å²) in [6, 6.07) is 16.6. The fourth-order valence-corrected chi connectivity index (χ4v) is 6.29. The maximum Gasteiger partial charge on any atom is 0.226 e. The Kier molecular flexibility index (Phi) is 7.57. The first-order valence-corrected chi connectivity index (χ1v) is 15.3. The molecule has 1 saturated carbocycles. The Morgan fingerprint density at radius 2 is 1.85 bits per heavy atom. The maximum absolute atomic E-state index is 12.9. The third-order valence-corrected chi connectivity index (χ3v) is 9.02. The highest BCUT2D eigenvalue weighted by Crippen LogP contribution is 2.32. The topological polar surface area (TPSA) is 84.2 Å². The van der Waals surface area contributed by atoms with E-state index in [0.717, 1.165) is 51.6 Å². The molecular formula is C29H31BrN6O2S. The van der Waals surface area contributed by atoms with Gasteiger partial charge in [-0.1, -0.05) is 58.0 Å². The van der Waals surface area contributed by atoms with E-state index in [1.807, 2.05) is 41.0 Å². The van der Waals surface area contributed by atoms with E-state index in [1.54, 1.807) is 0 Å². The number of amides is 2. The number of rotatable bonds is 8. The summed E-state index contributed by atoms with van der Waals surface area (Å²) < 4.78 is 3.25. The molecule has 2 aromatic carbocycles. The van der Waals surface area contributed by atoms with Gasteiger partial charge in [0, 0.05) is 60.2 Å². The molecule has 1 atom stereocenters. The van der Waals surface area contributed by atoms with E-state index in [-0.39, 0.29) is 23.8 Å². The first-order chi connectivity index (χ1) is 19.0. The zero-order valence-corrected chi connectivity index (χ0v) is 24.3. The van der Waals surface area contributed by atoms with Crippen molar-refractivity contribution in [1.29, 1.82) is 0 Å². The largest absolute Gasteiger partial charge is 0.339 e. The van der Waals surface area contributed by atoms with E-state index < -0.39 is 0 Å². The molecule has 0 N–H and O–H groups in total. The van der Waals surface area contributed by atoms with Crippen LogP contribution in [0.3, 0.4) is 0 Å². The van der Waals surface area contributed by atoms with Gasteiger partial charge in [0.2, 0.25) is 17.0 Å². The lowest BCUT2D eigenvalue weighted by molar-refractivity contribution is -0.143. The van der Waals surface area contributed by atoms with Crippen LogP contribution in [-0.2, 0) is 16.1 Å². The molecule has 39 heavy (non-hydrogen) atoms. The van der Waals surface area contributed by atoms with E-state index in [9.17, 15) is 9.59 Å². The molecule has 1 unspecified atom stereocenters. The van der Waals surface area contributed by atoms with Crippen molar-refractivity contribution >= 4 is 61.6 Å². The summed E-state index contributed by atoms with van der Waals surface area (Å²) in [4.78, 5) is 34.1. The molecule has 2 amide bonds. The van der Waals surface area contributed by atoms with Gasteiger partial charge in [-0.05, 0) is 49.9 Å². The third kappa shape index (κ3) is 5.68. The van der Waals surface area contributed by atoms with Gasteiger partial charge in [-0.15, -0.1) is 10.2 Å². The lowest BCUT2D eigenvalue weighted by Gasteiger charge is -2.40. The van der Waals surface area contributed by atoms with Crippen LogP contribution in [0.1, 0.15) is 38.2 Å². The van der Waals surface area contributed by atoms with E-state index >= 15 is 0 Å². The van der Waals surface area contributed by atoms with Crippen LogP contribution in [0.5, 0.6) is 0 Å². The van der Waals surface area contributed by atoms with Gasteiger partial charge in [-0.3, -0.25) is 9.59 Å². The summed E-state index contributed by atoms with van der Waals surface area (Å²) in [6.45, 7) is 4.63. The van der Waals surface area contributed by atoms with Gasteiger partial charge in [0.05, 0.1) is 5.52 Å². The van der Waals surface area contributed by atoms with E-state index in [4.69, 9.17) is 4.98 Å². The van der Waals surface area contributed by atoms with Crippen molar-refractivity contribution in [3.05, 3.63) is 58.6 Å². The molecule has 1 saturated heterocycles. The van der Waals surface area contributed by atoms with Gasteiger partial charge in [0.15, 0.2) is 5.65 Å². The molecule has 0 spiro atoms. The number of halogens is 1. The fraction of sp³-hybridized carbons (Fsp3) is 0.414. The molecule has 10 heteroatoms. The van der Waals surface area contributed by atoms with Crippen LogP contribution in [0.15, 0.2) is 58.2 Å². The molecule has 0 bridgehead atoms. The standard InChI is InChI=1S/C29H31BrN6O2S/c1-19-17-34(14-15-35(19)28(38)21-10-11-21)25(37)7-4-16-39-29-31-27-26(32-33-29)23-5-2-3-6-24(23)36(27)18-20-8-12-22(30)13-9-20/h2-3,5-6,8-9,12-13,19,21H,4,7,10-11,14-18H2,1H3. The molecule has 2 aliphatic rings. The number of aromatic nitrogens is 4. The van der Waals surface area contributed by atoms with Crippen LogP contribution in [0.2, 0.25) is 0 Å². The number of thioether (sulfide) groups is 1. The minimum absolute atomic E-state index is 0.0838. The highest BCUT2D eigenvalue weighted by atomic mass is 79.9. The van der Waals surface area contributed by atoms with E-state index in [1.165, 1.54) is 17.3 Å². The first-order valence-electron chi connectivity index (χ1n) is 13.5. The van der Waals surface area contributed by atoms with Gasteiger partial charge in [0.25, 0.3) is 0 Å². The van der Waals surface area contributed by atoms with Crippen molar-refractivity contribution in [2.24, 2.45) is 5.92 Å². The number of para-hydroxylation sites is 1. The molecule has 1 aliphatic heterocycles. The monoisotopic (exact) mass is 606 g/mol. The second kappa shape index (κ2) is 11.3. The molecule has 202 valence electrons. The second-order valence-electron chi connectivity index (χ2n) is 10.4. The molecule has 6 rings (SSSR count).